The number of amides is 2. The number of nitrogens with zero attached hydrogens (tertiary/aromatic N) is 1. The van der Waals surface area contributed by atoms with Crippen LogP contribution in [0.4, 0.5) is 4.79 Å². The molecule has 1 rings (SSSR count). The van der Waals surface area contributed by atoms with Gasteiger partial charge in [-0.1, -0.05) is 24.8 Å². The van der Waals surface area contributed by atoms with E-state index in [-0.39, 0.29) is 11.1 Å². The highest BCUT2D eigenvalue weighted by atomic mass is 32.2. The normalized spacial score (nSPS) is 20.2. The predicted octanol–water partition coefficient (Wildman–Crippen LogP) is 3.23. The molecule has 16 heavy (non-hydrogen) atoms. The van der Waals surface area contributed by atoms with Crippen molar-refractivity contribution in [3.63, 3.8) is 0 Å². The third-order valence-electron chi connectivity index (χ3n) is 1.98. The highest BCUT2D eigenvalue weighted by Gasteiger charge is 2.35. The zero-order valence-electron chi connectivity index (χ0n) is 9.27. The van der Waals surface area contributed by atoms with Gasteiger partial charge in [0.1, 0.15) is 0 Å². The summed E-state index contributed by atoms with van der Waals surface area (Å²) < 4.78 is 0. The van der Waals surface area contributed by atoms with Crippen LogP contribution >= 0.6 is 11.8 Å². The van der Waals surface area contributed by atoms with E-state index in [0.717, 1.165) is 16.7 Å². The van der Waals surface area contributed by atoms with Crippen LogP contribution in [0.1, 0.15) is 13.8 Å². The lowest BCUT2D eigenvalue weighted by Gasteiger charge is -2.12. The van der Waals surface area contributed by atoms with Crippen molar-refractivity contribution in [2.24, 2.45) is 0 Å². The Morgan fingerprint density at radius 2 is 2.06 bits per heavy atom. The lowest BCUT2D eigenvalue weighted by atomic mass is 10.3. The smallest absolute Gasteiger partial charge is 0.268 e. The summed E-state index contributed by atoms with van der Waals surface area (Å²) in [4.78, 5) is 25.0. The Morgan fingerprint density at radius 1 is 1.38 bits per heavy atom. The number of hydrogen-bond acceptors (Lipinski definition) is 3. The minimum atomic E-state index is -0.284. The lowest BCUT2D eigenvalue weighted by Crippen LogP contribution is -2.26. The number of allylic oxidation sites excluding steroid dienone is 5. The quantitative estimate of drug-likeness (QED) is 0.556. The SMILES string of the molecule is C=C/C(=C\C=C/C)N1C(=O)S/C(=C/C)C1=O. The molecule has 1 aliphatic rings. The second-order valence-corrected chi connectivity index (χ2v) is 3.98. The summed E-state index contributed by atoms with van der Waals surface area (Å²) in [6, 6.07) is 0. The lowest BCUT2D eigenvalue weighted by molar-refractivity contribution is -0.121. The molecule has 2 amide bonds. The molecule has 0 radical (unpaired) electrons. The maximum Gasteiger partial charge on any atom is 0.298 e. The molecule has 1 fully saturated rings. The Labute approximate surface area is 99.2 Å². The maximum absolute atomic E-state index is 11.8. The van der Waals surface area contributed by atoms with Crippen LogP contribution in [0.3, 0.4) is 0 Å². The summed E-state index contributed by atoms with van der Waals surface area (Å²) in [7, 11) is 0. The minimum absolute atomic E-state index is 0.284. The van der Waals surface area contributed by atoms with Crippen molar-refractivity contribution in [1.82, 2.24) is 4.90 Å². The Kier molecular flexibility index (Phi) is 4.31. The molecule has 1 heterocycles. The van der Waals surface area contributed by atoms with Crippen molar-refractivity contribution in [2.75, 3.05) is 0 Å². The van der Waals surface area contributed by atoms with E-state index >= 15 is 0 Å². The average Bonchev–Trinajstić information content (AvgIpc) is 2.57. The van der Waals surface area contributed by atoms with Gasteiger partial charge in [0.15, 0.2) is 0 Å². The molecule has 0 aromatic heterocycles. The maximum atomic E-state index is 11.8. The highest BCUT2D eigenvalue weighted by molar-refractivity contribution is 8.18. The molecule has 4 heteroatoms. The molecular formula is C12H13NO2S. The van der Waals surface area contributed by atoms with E-state index in [1.807, 2.05) is 13.0 Å². The summed E-state index contributed by atoms with van der Waals surface area (Å²) in [6.07, 6.45) is 8.40. The van der Waals surface area contributed by atoms with E-state index in [4.69, 9.17) is 0 Å². The van der Waals surface area contributed by atoms with Crippen LogP contribution in [0.15, 0.2) is 47.6 Å². The third-order valence-corrected chi connectivity index (χ3v) is 2.97. The zero-order chi connectivity index (χ0) is 12.1. The minimum Gasteiger partial charge on any atom is -0.268 e. The molecule has 3 nitrogen and oxygen atoms in total. The molecule has 0 saturated carbocycles. The van der Waals surface area contributed by atoms with Crippen LogP contribution in [0.25, 0.3) is 0 Å². The van der Waals surface area contributed by atoms with E-state index < -0.39 is 0 Å². The van der Waals surface area contributed by atoms with Crippen molar-refractivity contribution in [2.45, 2.75) is 13.8 Å². The first kappa shape index (κ1) is 12.5. The van der Waals surface area contributed by atoms with Crippen LogP contribution in [-0.4, -0.2) is 16.0 Å². The molecule has 0 bridgehead atoms. The van der Waals surface area contributed by atoms with Crippen LogP contribution in [0.2, 0.25) is 0 Å². The van der Waals surface area contributed by atoms with Gasteiger partial charge in [0.25, 0.3) is 11.1 Å². The number of thioether (sulfide) groups is 1. The molecule has 0 unspecified atom stereocenters. The van der Waals surface area contributed by atoms with Crippen molar-refractivity contribution in [1.29, 1.82) is 0 Å². The molecular weight excluding hydrogens is 222 g/mol. The molecule has 0 aliphatic carbocycles. The van der Waals surface area contributed by atoms with E-state index in [1.165, 1.54) is 6.08 Å². The first-order chi connectivity index (χ1) is 7.65. The van der Waals surface area contributed by atoms with Crippen LogP contribution in [0, 0.1) is 0 Å². The highest BCUT2D eigenvalue weighted by Crippen LogP contribution is 2.33. The van der Waals surface area contributed by atoms with E-state index in [0.29, 0.717) is 10.6 Å². The molecule has 84 valence electrons. The van der Waals surface area contributed by atoms with Gasteiger partial charge in [-0.15, -0.1) is 0 Å². The van der Waals surface area contributed by atoms with Gasteiger partial charge in [0, 0.05) is 0 Å². The van der Waals surface area contributed by atoms with E-state index in [2.05, 4.69) is 6.58 Å². The Hall–Kier alpha value is -1.55. The zero-order valence-corrected chi connectivity index (χ0v) is 10.1. The topological polar surface area (TPSA) is 37.4 Å². The number of hydrogen-bond donors (Lipinski definition) is 0. The van der Waals surface area contributed by atoms with Crippen LogP contribution in [-0.2, 0) is 4.79 Å². The van der Waals surface area contributed by atoms with Gasteiger partial charge in [-0.25, -0.2) is 4.90 Å². The number of carbonyl (C=O) groups excluding carboxylic acids is 2. The van der Waals surface area contributed by atoms with E-state index in [9.17, 15) is 9.59 Å². The van der Waals surface area contributed by atoms with E-state index in [1.54, 1.807) is 25.2 Å². The largest absolute Gasteiger partial charge is 0.298 e. The standard InChI is InChI=1S/C12H13NO2S/c1-4-7-8-9(5-2)13-11(14)10(6-3)16-12(13)15/h4-8H,2H2,1,3H3/b7-4-,9-8+,10-6+. The molecule has 0 N–H and O–H groups in total. The Morgan fingerprint density at radius 3 is 2.50 bits per heavy atom. The van der Waals surface area contributed by atoms with Gasteiger partial charge in [0.2, 0.25) is 0 Å². The number of carbonyl (C=O) groups is 2. The molecule has 0 aromatic carbocycles. The fourth-order valence-corrected chi connectivity index (χ4v) is 1.97. The van der Waals surface area contributed by atoms with Gasteiger partial charge in [-0.3, -0.25) is 9.59 Å². The first-order valence-corrected chi connectivity index (χ1v) is 5.65. The summed E-state index contributed by atoms with van der Waals surface area (Å²) in [5.74, 6) is -0.284. The molecule has 0 spiro atoms. The van der Waals surface area contributed by atoms with Gasteiger partial charge in [-0.05, 0) is 37.8 Å². The second kappa shape index (κ2) is 5.51. The predicted molar refractivity (Wildman–Crippen MR) is 66.7 cm³/mol. The first-order valence-electron chi connectivity index (χ1n) is 4.83. The summed E-state index contributed by atoms with van der Waals surface area (Å²) in [6.45, 7) is 7.20. The van der Waals surface area contributed by atoms with Crippen molar-refractivity contribution < 1.29 is 9.59 Å². The fourth-order valence-electron chi connectivity index (χ4n) is 1.21. The van der Waals surface area contributed by atoms with Crippen molar-refractivity contribution in [3.8, 4) is 0 Å². The Balaban J connectivity index is 3.08. The van der Waals surface area contributed by atoms with Crippen molar-refractivity contribution in [3.05, 3.63) is 47.6 Å². The van der Waals surface area contributed by atoms with Crippen LogP contribution in [0.5, 0.6) is 0 Å². The number of rotatable bonds is 3. The molecule has 1 saturated heterocycles. The summed E-state index contributed by atoms with van der Waals surface area (Å²) in [5, 5.41) is -0.284. The monoisotopic (exact) mass is 235 g/mol. The molecule has 0 aromatic rings. The second-order valence-electron chi connectivity index (χ2n) is 2.98. The number of imide groups is 1. The van der Waals surface area contributed by atoms with Gasteiger partial charge < -0.3 is 0 Å². The van der Waals surface area contributed by atoms with Crippen molar-refractivity contribution >= 4 is 22.9 Å². The fraction of sp³-hybridized carbons (Fsp3) is 0.167. The van der Waals surface area contributed by atoms with Crippen LogP contribution < -0.4 is 0 Å². The summed E-state index contributed by atoms with van der Waals surface area (Å²) in [5.41, 5.74) is 0.498. The molecule has 0 atom stereocenters. The third kappa shape index (κ3) is 2.33. The molecule has 1 aliphatic heterocycles. The Bertz CT molecular complexity index is 419. The van der Waals surface area contributed by atoms with Gasteiger partial charge in [-0.2, -0.15) is 0 Å². The van der Waals surface area contributed by atoms with Gasteiger partial charge in [0.05, 0.1) is 10.6 Å². The average molecular weight is 235 g/mol. The summed E-state index contributed by atoms with van der Waals surface area (Å²) >= 11 is 0.945. The van der Waals surface area contributed by atoms with Gasteiger partial charge >= 0.3 is 0 Å².